The summed E-state index contributed by atoms with van der Waals surface area (Å²) in [7, 11) is -4.31. The molecule has 0 saturated carbocycles. The van der Waals surface area contributed by atoms with Crippen molar-refractivity contribution < 1.29 is 28.4 Å². The number of hydrogen-bond donors (Lipinski definition) is 4. The Bertz CT molecular complexity index is 739. The van der Waals surface area contributed by atoms with Gasteiger partial charge in [-0.15, -0.1) is 0 Å². The zero-order chi connectivity index (χ0) is 34.0. The molecule has 3 unspecified atom stereocenters. The Morgan fingerprint density at radius 3 is 1.67 bits per heavy atom. The third-order valence-electron chi connectivity index (χ3n) is 8.62. The average molecular weight is 675 g/mol. The molecule has 0 aliphatic rings. The zero-order valence-corrected chi connectivity index (χ0v) is 31.0. The topological polar surface area (TPSA) is 131 Å². The van der Waals surface area contributed by atoms with E-state index in [0.29, 0.717) is 12.8 Å². The molecule has 1 amide bonds. The fourth-order valence-corrected chi connectivity index (χ4v) is 6.41. The van der Waals surface area contributed by atoms with Crippen LogP contribution in [-0.4, -0.2) is 47.8 Å². The molecule has 0 rings (SSSR count). The molecule has 0 aliphatic heterocycles. The summed E-state index contributed by atoms with van der Waals surface area (Å²) in [5.74, 6) is -0.172. The molecule has 0 aromatic carbocycles. The van der Waals surface area contributed by atoms with Gasteiger partial charge in [-0.05, 0) is 32.1 Å². The number of carbonyl (C=O) groups is 1. The van der Waals surface area contributed by atoms with Crippen molar-refractivity contribution in [1.29, 1.82) is 0 Å². The van der Waals surface area contributed by atoms with Crippen LogP contribution >= 0.6 is 7.82 Å². The molecule has 0 radical (unpaired) electrons. The largest absolute Gasteiger partial charge is 0.472 e. The van der Waals surface area contributed by atoms with Crippen LogP contribution < -0.4 is 11.1 Å². The number of rotatable bonds is 36. The summed E-state index contributed by atoms with van der Waals surface area (Å²) < 4.78 is 22.1. The normalized spacial score (nSPS) is 14.5. The minimum absolute atomic E-state index is 0.0889. The van der Waals surface area contributed by atoms with Crippen LogP contribution in [0.4, 0.5) is 0 Å². The maximum Gasteiger partial charge on any atom is 0.472 e. The Morgan fingerprint density at radius 1 is 0.696 bits per heavy atom. The molecule has 0 aromatic rings. The van der Waals surface area contributed by atoms with Gasteiger partial charge in [0.25, 0.3) is 0 Å². The van der Waals surface area contributed by atoms with Crippen molar-refractivity contribution in [3.05, 3.63) is 12.2 Å². The summed E-state index contributed by atoms with van der Waals surface area (Å²) in [6.07, 6.45) is 35.0. The van der Waals surface area contributed by atoms with Crippen molar-refractivity contribution in [2.45, 2.75) is 199 Å². The smallest absolute Gasteiger partial charge is 0.391 e. The Labute approximate surface area is 284 Å². The van der Waals surface area contributed by atoms with Crippen LogP contribution in [0.25, 0.3) is 0 Å². The number of hydrogen-bond acceptors (Lipinski definition) is 6. The Morgan fingerprint density at radius 2 is 1.15 bits per heavy atom. The maximum absolute atomic E-state index is 12.7. The van der Waals surface area contributed by atoms with Crippen molar-refractivity contribution >= 4 is 13.7 Å². The number of allylic oxidation sites excluding steroid dienone is 2. The van der Waals surface area contributed by atoms with Crippen molar-refractivity contribution in [3.63, 3.8) is 0 Å². The molecule has 0 saturated heterocycles. The van der Waals surface area contributed by atoms with E-state index in [1.165, 1.54) is 109 Å². The van der Waals surface area contributed by atoms with Gasteiger partial charge in [0.1, 0.15) is 0 Å². The molecule has 0 heterocycles. The van der Waals surface area contributed by atoms with Gasteiger partial charge in [0.2, 0.25) is 5.91 Å². The lowest BCUT2D eigenvalue weighted by Gasteiger charge is -2.25. The zero-order valence-electron chi connectivity index (χ0n) is 30.1. The molecule has 9 heteroatoms. The summed E-state index contributed by atoms with van der Waals surface area (Å²) in [5, 5.41) is 13.7. The summed E-state index contributed by atoms with van der Waals surface area (Å²) in [6, 6.07) is -0.773. The minimum atomic E-state index is -4.31. The highest BCUT2D eigenvalue weighted by Crippen LogP contribution is 2.43. The van der Waals surface area contributed by atoms with Crippen LogP contribution in [0.5, 0.6) is 0 Å². The molecule has 0 aliphatic carbocycles. The third kappa shape index (κ3) is 31.8. The van der Waals surface area contributed by atoms with Gasteiger partial charge in [0, 0.05) is 13.0 Å². The SMILES string of the molecule is CCCC/C=C\CCCCCCCC(=O)NC(COP(=O)(O)OCCN)C(O)CCCCCCCCCCCCCCCCCC. The van der Waals surface area contributed by atoms with Crippen LogP contribution in [0, 0.1) is 0 Å². The van der Waals surface area contributed by atoms with Crippen LogP contribution in [0.15, 0.2) is 12.2 Å². The number of aliphatic hydroxyl groups excluding tert-OH is 1. The average Bonchev–Trinajstić information content (AvgIpc) is 3.04. The van der Waals surface area contributed by atoms with Crippen LogP contribution in [0.2, 0.25) is 0 Å². The molecule has 0 aromatic heterocycles. The number of nitrogens with one attached hydrogen (secondary N) is 1. The maximum atomic E-state index is 12.7. The molecular weight excluding hydrogens is 599 g/mol. The van der Waals surface area contributed by atoms with Gasteiger partial charge in [-0.1, -0.05) is 161 Å². The fraction of sp³-hybridized carbons (Fsp3) is 0.919. The monoisotopic (exact) mass is 675 g/mol. The van der Waals surface area contributed by atoms with Crippen LogP contribution in [0.3, 0.4) is 0 Å². The first-order valence-corrected chi connectivity index (χ1v) is 20.8. The molecule has 5 N–H and O–H groups in total. The lowest BCUT2D eigenvalue weighted by atomic mass is 10.0. The number of unbranched alkanes of at least 4 members (excludes halogenated alkanes) is 22. The molecule has 8 nitrogen and oxygen atoms in total. The van der Waals surface area contributed by atoms with E-state index in [1.807, 2.05) is 0 Å². The van der Waals surface area contributed by atoms with E-state index in [0.717, 1.165) is 51.4 Å². The standard InChI is InChI=1S/C37H75N2O6P/c1-3-5-7-9-11-13-15-16-17-18-19-21-22-24-26-28-30-36(40)35(34-45-46(42,43)44-33-32-38)39-37(41)31-29-27-25-23-20-14-12-10-8-6-4-2/h10,12,35-36,40H,3-9,11,13-34,38H2,1-2H3,(H,39,41)(H,42,43)/b12-10-. The second-order valence-electron chi connectivity index (χ2n) is 13.1. The molecule has 0 bridgehead atoms. The van der Waals surface area contributed by atoms with Crippen molar-refractivity contribution in [3.8, 4) is 0 Å². The lowest BCUT2D eigenvalue weighted by molar-refractivity contribution is -0.123. The molecule has 46 heavy (non-hydrogen) atoms. The first kappa shape index (κ1) is 45.2. The lowest BCUT2D eigenvalue weighted by Crippen LogP contribution is -2.46. The number of aliphatic hydroxyl groups is 1. The molecule has 3 atom stereocenters. The van der Waals surface area contributed by atoms with E-state index in [9.17, 15) is 19.4 Å². The van der Waals surface area contributed by atoms with E-state index < -0.39 is 20.0 Å². The van der Waals surface area contributed by atoms with Gasteiger partial charge in [-0.2, -0.15) is 0 Å². The van der Waals surface area contributed by atoms with Crippen LogP contribution in [-0.2, 0) is 18.4 Å². The fourth-order valence-electron chi connectivity index (χ4n) is 5.65. The van der Waals surface area contributed by atoms with E-state index in [2.05, 4.69) is 31.3 Å². The predicted molar refractivity (Wildman–Crippen MR) is 194 cm³/mol. The van der Waals surface area contributed by atoms with Gasteiger partial charge in [-0.25, -0.2) is 4.57 Å². The van der Waals surface area contributed by atoms with E-state index in [4.69, 9.17) is 14.8 Å². The summed E-state index contributed by atoms with van der Waals surface area (Å²) in [5.41, 5.74) is 5.36. The van der Waals surface area contributed by atoms with Gasteiger partial charge in [-0.3, -0.25) is 13.8 Å². The van der Waals surface area contributed by atoms with E-state index >= 15 is 0 Å². The predicted octanol–water partition coefficient (Wildman–Crippen LogP) is 10.1. The van der Waals surface area contributed by atoms with Gasteiger partial charge >= 0.3 is 7.82 Å². The minimum Gasteiger partial charge on any atom is -0.391 e. The number of phosphoric acid groups is 1. The van der Waals surface area contributed by atoms with E-state index in [1.54, 1.807) is 0 Å². The number of amides is 1. The van der Waals surface area contributed by atoms with Gasteiger partial charge < -0.3 is 21.1 Å². The van der Waals surface area contributed by atoms with Crippen molar-refractivity contribution in [1.82, 2.24) is 5.32 Å². The molecule has 274 valence electrons. The second-order valence-corrected chi connectivity index (χ2v) is 14.6. The summed E-state index contributed by atoms with van der Waals surface area (Å²) >= 11 is 0. The van der Waals surface area contributed by atoms with Gasteiger partial charge in [0.15, 0.2) is 0 Å². The van der Waals surface area contributed by atoms with Gasteiger partial charge in [0.05, 0.1) is 25.4 Å². The van der Waals surface area contributed by atoms with Crippen LogP contribution in [0.1, 0.15) is 187 Å². The summed E-state index contributed by atoms with van der Waals surface area (Å²) in [6.45, 7) is 4.16. The Kier molecular flexibility index (Phi) is 33.6. The quantitative estimate of drug-likeness (QED) is 0.0295. The highest BCUT2D eigenvalue weighted by molar-refractivity contribution is 7.47. The first-order valence-electron chi connectivity index (χ1n) is 19.3. The van der Waals surface area contributed by atoms with Crippen molar-refractivity contribution in [2.75, 3.05) is 19.8 Å². The Hall–Kier alpha value is -0.760. The van der Waals surface area contributed by atoms with Crippen molar-refractivity contribution in [2.24, 2.45) is 5.73 Å². The highest BCUT2D eigenvalue weighted by atomic mass is 31.2. The second kappa shape index (κ2) is 34.1. The molecule has 0 spiro atoms. The highest BCUT2D eigenvalue weighted by Gasteiger charge is 2.27. The molecule has 0 fully saturated rings. The molecular formula is C37H75N2O6P. The Balaban J connectivity index is 4.21. The number of nitrogens with two attached hydrogens (primary N) is 1. The number of phosphoric ester groups is 1. The third-order valence-corrected chi connectivity index (χ3v) is 9.60. The summed E-state index contributed by atoms with van der Waals surface area (Å²) in [4.78, 5) is 22.6. The first-order chi connectivity index (χ1) is 22.4. The number of carbonyl (C=O) groups excluding carboxylic acids is 1. The van der Waals surface area contributed by atoms with E-state index in [-0.39, 0.29) is 25.7 Å².